The number of nitrogens with one attached hydrogen (secondary N) is 1. The molecule has 1 spiro atoms. The van der Waals surface area contributed by atoms with Gasteiger partial charge >= 0.3 is 5.97 Å². The molecule has 0 aromatic heterocycles. The number of carboxylic acid groups (broad SMARTS) is 1. The van der Waals surface area contributed by atoms with Crippen molar-refractivity contribution in [2.75, 3.05) is 19.9 Å². The summed E-state index contributed by atoms with van der Waals surface area (Å²) in [5.74, 6) is -0.899. The van der Waals surface area contributed by atoms with Crippen LogP contribution in [0.2, 0.25) is 0 Å². The molecule has 0 aliphatic carbocycles. The van der Waals surface area contributed by atoms with Gasteiger partial charge < -0.3 is 24.8 Å². The SMILES string of the molecule is O=C1C[C@H](C(=O)O)C2(CCN(C(=O)c3ccc4c(c3)OCO4)CC2)N1. The fourth-order valence-electron chi connectivity index (χ4n) is 3.91. The topological polar surface area (TPSA) is 105 Å². The van der Waals surface area contributed by atoms with Crippen LogP contribution < -0.4 is 14.8 Å². The summed E-state index contributed by atoms with van der Waals surface area (Å²) >= 11 is 0. The van der Waals surface area contributed by atoms with E-state index in [9.17, 15) is 19.5 Å². The summed E-state index contributed by atoms with van der Waals surface area (Å²) in [6.07, 6.45) is 0.878. The third-order valence-corrected chi connectivity index (χ3v) is 5.31. The highest BCUT2D eigenvalue weighted by molar-refractivity contribution is 5.95. The maximum Gasteiger partial charge on any atom is 0.309 e. The fourth-order valence-corrected chi connectivity index (χ4v) is 3.91. The molecule has 1 aromatic carbocycles. The Kier molecular flexibility index (Phi) is 3.55. The number of hydrogen-bond donors (Lipinski definition) is 2. The molecule has 0 saturated carbocycles. The minimum atomic E-state index is -0.964. The first-order valence-corrected chi connectivity index (χ1v) is 8.21. The van der Waals surface area contributed by atoms with Gasteiger partial charge in [-0.2, -0.15) is 0 Å². The number of carbonyl (C=O) groups excluding carboxylic acids is 2. The van der Waals surface area contributed by atoms with Crippen molar-refractivity contribution in [1.82, 2.24) is 10.2 Å². The van der Waals surface area contributed by atoms with Crippen molar-refractivity contribution in [3.05, 3.63) is 23.8 Å². The molecule has 0 bridgehead atoms. The van der Waals surface area contributed by atoms with E-state index in [4.69, 9.17) is 9.47 Å². The summed E-state index contributed by atoms with van der Waals surface area (Å²) in [5.41, 5.74) is -0.236. The number of hydrogen-bond acceptors (Lipinski definition) is 5. The van der Waals surface area contributed by atoms with Gasteiger partial charge in [-0.3, -0.25) is 14.4 Å². The third kappa shape index (κ3) is 2.57. The normalized spacial score (nSPS) is 23.6. The standard InChI is InChI=1S/C17H18N2O6/c20-14-8-11(16(22)23)17(18-14)3-5-19(6-4-17)15(21)10-1-2-12-13(7-10)25-9-24-12/h1-2,7,11H,3-6,8-9H2,(H,18,20)(H,22,23)/t11-/m1/s1. The second-order valence-corrected chi connectivity index (χ2v) is 6.66. The molecule has 3 aliphatic rings. The molecule has 0 unspecified atom stereocenters. The Labute approximate surface area is 143 Å². The van der Waals surface area contributed by atoms with E-state index in [1.807, 2.05) is 0 Å². The van der Waals surface area contributed by atoms with Gasteiger partial charge in [0, 0.05) is 25.1 Å². The number of benzene rings is 1. The van der Waals surface area contributed by atoms with Crippen LogP contribution in [0.1, 0.15) is 29.6 Å². The predicted molar refractivity (Wildman–Crippen MR) is 84.3 cm³/mol. The molecule has 1 atom stereocenters. The van der Waals surface area contributed by atoms with E-state index >= 15 is 0 Å². The zero-order valence-corrected chi connectivity index (χ0v) is 13.5. The van der Waals surface area contributed by atoms with Crippen molar-refractivity contribution in [2.24, 2.45) is 5.92 Å². The second-order valence-electron chi connectivity index (χ2n) is 6.66. The summed E-state index contributed by atoms with van der Waals surface area (Å²) in [4.78, 5) is 37.6. The van der Waals surface area contributed by atoms with Gasteiger partial charge in [-0.05, 0) is 31.0 Å². The average molecular weight is 346 g/mol. The zero-order chi connectivity index (χ0) is 17.6. The Bertz CT molecular complexity index is 754. The molecule has 2 amide bonds. The van der Waals surface area contributed by atoms with E-state index in [1.165, 1.54) is 0 Å². The van der Waals surface area contributed by atoms with E-state index in [1.54, 1.807) is 23.1 Å². The molecule has 132 valence electrons. The number of ether oxygens (including phenoxy) is 2. The smallest absolute Gasteiger partial charge is 0.309 e. The number of likely N-dealkylation sites (tertiary alicyclic amines) is 1. The van der Waals surface area contributed by atoms with Gasteiger partial charge in [-0.15, -0.1) is 0 Å². The average Bonchev–Trinajstić information content (AvgIpc) is 3.18. The van der Waals surface area contributed by atoms with Crippen LogP contribution >= 0.6 is 0 Å². The molecule has 8 heteroatoms. The summed E-state index contributed by atoms with van der Waals surface area (Å²) in [5, 5.41) is 12.2. The molecular formula is C17H18N2O6. The van der Waals surface area contributed by atoms with Gasteiger partial charge in [-0.25, -0.2) is 0 Å². The molecule has 8 nitrogen and oxygen atoms in total. The van der Waals surface area contributed by atoms with Gasteiger partial charge in [-0.1, -0.05) is 0 Å². The molecule has 0 radical (unpaired) electrons. The zero-order valence-electron chi connectivity index (χ0n) is 13.5. The quantitative estimate of drug-likeness (QED) is 0.813. The lowest BCUT2D eigenvalue weighted by atomic mass is 9.77. The lowest BCUT2D eigenvalue weighted by molar-refractivity contribution is -0.144. The number of piperidine rings is 1. The summed E-state index contributed by atoms with van der Waals surface area (Å²) in [6.45, 7) is 0.949. The van der Waals surface area contributed by atoms with Crippen molar-refractivity contribution in [2.45, 2.75) is 24.8 Å². The number of carboxylic acids is 1. The first kappa shape index (κ1) is 15.7. The number of fused-ring (bicyclic) bond motifs is 1. The Hall–Kier alpha value is -2.77. The highest BCUT2D eigenvalue weighted by Crippen LogP contribution is 2.38. The lowest BCUT2D eigenvalue weighted by Crippen LogP contribution is -2.56. The molecule has 2 saturated heterocycles. The molecule has 1 aromatic rings. The lowest BCUT2D eigenvalue weighted by Gasteiger charge is -2.41. The van der Waals surface area contributed by atoms with E-state index in [0.29, 0.717) is 43.0 Å². The van der Waals surface area contributed by atoms with Crippen LogP contribution in [0.4, 0.5) is 0 Å². The molecule has 4 rings (SSSR count). The number of nitrogens with zero attached hydrogens (tertiary/aromatic N) is 1. The summed E-state index contributed by atoms with van der Waals surface area (Å²) in [6, 6.07) is 5.06. The number of amides is 2. The van der Waals surface area contributed by atoms with Gasteiger partial charge in [0.1, 0.15) is 0 Å². The van der Waals surface area contributed by atoms with E-state index in [0.717, 1.165) is 0 Å². The predicted octanol–water partition coefficient (Wildman–Crippen LogP) is 0.611. The molecule has 3 aliphatic heterocycles. The first-order chi connectivity index (χ1) is 12.0. The minimum Gasteiger partial charge on any atom is -0.481 e. The van der Waals surface area contributed by atoms with E-state index < -0.39 is 17.4 Å². The first-order valence-electron chi connectivity index (χ1n) is 8.21. The van der Waals surface area contributed by atoms with Crippen LogP contribution in [0.25, 0.3) is 0 Å². The van der Waals surface area contributed by atoms with Gasteiger partial charge in [0.2, 0.25) is 12.7 Å². The van der Waals surface area contributed by atoms with Crippen LogP contribution in [0.15, 0.2) is 18.2 Å². The number of rotatable bonds is 2. The molecule has 25 heavy (non-hydrogen) atoms. The Morgan fingerprint density at radius 3 is 2.64 bits per heavy atom. The van der Waals surface area contributed by atoms with Gasteiger partial charge in [0.15, 0.2) is 11.5 Å². The largest absolute Gasteiger partial charge is 0.481 e. The minimum absolute atomic E-state index is 0.00540. The van der Waals surface area contributed by atoms with Crippen molar-refractivity contribution in [3.63, 3.8) is 0 Å². The monoisotopic (exact) mass is 346 g/mol. The van der Waals surface area contributed by atoms with Crippen LogP contribution in [-0.2, 0) is 9.59 Å². The highest BCUT2D eigenvalue weighted by Gasteiger charge is 2.52. The second kappa shape index (κ2) is 5.65. The molecule has 2 fully saturated rings. The molecule has 2 N–H and O–H groups in total. The maximum atomic E-state index is 12.7. The van der Waals surface area contributed by atoms with Crippen molar-refractivity contribution in [3.8, 4) is 11.5 Å². The van der Waals surface area contributed by atoms with E-state index in [-0.39, 0.29) is 25.0 Å². The van der Waals surface area contributed by atoms with Crippen LogP contribution in [-0.4, -0.2) is 53.2 Å². The third-order valence-electron chi connectivity index (χ3n) is 5.31. The van der Waals surface area contributed by atoms with Crippen LogP contribution in [0.5, 0.6) is 11.5 Å². The van der Waals surface area contributed by atoms with Crippen molar-refractivity contribution < 1.29 is 29.0 Å². The molecule has 3 heterocycles. The summed E-state index contributed by atoms with van der Waals surface area (Å²) in [7, 11) is 0. The Morgan fingerprint density at radius 1 is 1.20 bits per heavy atom. The fraction of sp³-hybridized carbons (Fsp3) is 0.471. The van der Waals surface area contributed by atoms with E-state index in [2.05, 4.69) is 5.32 Å². The Morgan fingerprint density at radius 2 is 1.92 bits per heavy atom. The Balaban J connectivity index is 1.47. The van der Waals surface area contributed by atoms with Crippen molar-refractivity contribution in [1.29, 1.82) is 0 Å². The maximum absolute atomic E-state index is 12.7. The number of aliphatic carboxylic acids is 1. The molecular weight excluding hydrogens is 328 g/mol. The number of carbonyl (C=O) groups is 3. The van der Waals surface area contributed by atoms with Crippen LogP contribution in [0.3, 0.4) is 0 Å². The van der Waals surface area contributed by atoms with Gasteiger partial charge in [0.25, 0.3) is 5.91 Å². The van der Waals surface area contributed by atoms with Crippen molar-refractivity contribution >= 4 is 17.8 Å². The van der Waals surface area contributed by atoms with Crippen LogP contribution in [0, 0.1) is 5.92 Å². The summed E-state index contributed by atoms with van der Waals surface area (Å²) < 4.78 is 10.5. The van der Waals surface area contributed by atoms with Gasteiger partial charge in [0.05, 0.1) is 11.5 Å². The highest BCUT2D eigenvalue weighted by atomic mass is 16.7.